The molecule has 0 atom stereocenters. The fourth-order valence-corrected chi connectivity index (χ4v) is 6.92. The summed E-state index contributed by atoms with van der Waals surface area (Å²) in [6.07, 6.45) is 10.8. The Kier molecular flexibility index (Phi) is 4.79. The largest absolute Gasteiger partial charge is 0.493 e. The fourth-order valence-electron chi connectivity index (χ4n) is 6.92. The summed E-state index contributed by atoms with van der Waals surface area (Å²) in [5, 5.41) is 9.09. The number of hydrogen-bond acceptors (Lipinski definition) is 2. The molecule has 5 saturated carbocycles. The minimum Gasteiger partial charge on any atom is -0.493 e. The van der Waals surface area contributed by atoms with Gasteiger partial charge in [0.05, 0.1) is 12.2 Å². The Morgan fingerprint density at radius 2 is 1.50 bits per heavy atom. The molecule has 3 heteroatoms. The molecule has 5 aliphatic carbocycles. The summed E-state index contributed by atoms with van der Waals surface area (Å²) >= 11 is 0. The van der Waals surface area contributed by atoms with E-state index in [0.717, 1.165) is 47.2 Å². The predicted molar refractivity (Wildman–Crippen MR) is 124 cm³/mol. The first kappa shape index (κ1) is 19.9. The number of carboxylic acid groups (broad SMARTS) is 1. The third kappa shape index (κ3) is 3.81. The zero-order valence-electron chi connectivity index (χ0n) is 18.5. The first-order valence-corrected chi connectivity index (χ1v) is 12.2. The second-order valence-electron chi connectivity index (χ2n) is 10.8. The van der Waals surface area contributed by atoms with E-state index in [4.69, 9.17) is 9.84 Å². The molecule has 0 unspecified atom stereocenters. The van der Waals surface area contributed by atoms with Crippen LogP contribution in [0.5, 0.6) is 5.75 Å². The van der Waals surface area contributed by atoms with Crippen LogP contribution in [-0.2, 0) is 5.41 Å². The van der Waals surface area contributed by atoms with Crippen LogP contribution in [0.1, 0.15) is 78.4 Å². The lowest BCUT2D eigenvalue weighted by Crippen LogP contribution is -2.48. The van der Waals surface area contributed by atoms with Crippen LogP contribution in [0.3, 0.4) is 0 Å². The van der Waals surface area contributed by atoms with Crippen LogP contribution in [0.2, 0.25) is 0 Å². The molecule has 2 aromatic carbocycles. The minimum absolute atomic E-state index is 0.272. The van der Waals surface area contributed by atoms with Crippen molar-refractivity contribution in [2.45, 2.75) is 56.8 Å². The van der Waals surface area contributed by atoms with Gasteiger partial charge >= 0.3 is 5.97 Å². The molecule has 0 radical (unpaired) electrons. The van der Waals surface area contributed by atoms with Crippen molar-refractivity contribution in [3.05, 3.63) is 64.7 Å². The Hall–Kier alpha value is -2.73. The molecule has 0 saturated heterocycles. The summed E-state index contributed by atoms with van der Waals surface area (Å²) in [7, 11) is 0. The van der Waals surface area contributed by atoms with Crippen molar-refractivity contribution < 1.29 is 14.6 Å². The molecule has 0 amide bonds. The molecule has 0 heterocycles. The number of ether oxygens (including phenoxy) is 1. The quantitative estimate of drug-likeness (QED) is 0.593. The van der Waals surface area contributed by atoms with Gasteiger partial charge in [-0.25, -0.2) is 4.79 Å². The second kappa shape index (κ2) is 7.69. The summed E-state index contributed by atoms with van der Waals surface area (Å²) in [6, 6.07) is 13.4. The van der Waals surface area contributed by atoms with Gasteiger partial charge in [-0.15, -0.1) is 0 Å². The molecule has 32 heavy (non-hydrogen) atoms. The van der Waals surface area contributed by atoms with Crippen molar-refractivity contribution in [1.29, 1.82) is 0 Å². The number of rotatable bonds is 5. The number of hydrogen-bond donors (Lipinski definition) is 1. The number of aromatic carboxylic acids is 1. The zero-order valence-corrected chi connectivity index (χ0v) is 18.5. The molecule has 0 aliphatic heterocycles. The molecule has 3 nitrogen and oxygen atoms in total. The van der Waals surface area contributed by atoms with E-state index in [2.05, 4.69) is 30.0 Å². The van der Waals surface area contributed by atoms with Gasteiger partial charge in [0.1, 0.15) is 5.75 Å². The van der Waals surface area contributed by atoms with Crippen LogP contribution in [0.4, 0.5) is 0 Å². The van der Waals surface area contributed by atoms with Gasteiger partial charge in [-0.2, -0.15) is 0 Å². The SMILES string of the molecule is O=C(O)c1ccc(C#Cc2ccc(OCC3CC3)c(C34CC5CC(CC(C5)C3)C4)c2)cc1. The van der Waals surface area contributed by atoms with Crippen molar-refractivity contribution in [2.75, 3.05) is 6.61 Å². The molecule has 7 rings (SSSR count). The highest BCUT2D eigenvalue weighted by Gasteiger charge is 2.52. The highest BCUT2D eigenvalue weighted by Crippen LogP contribution is 2.62. The molecule has 5 aliphatic rings. The summed E-state index contributed by atoms with van der Waals surface area (Å²) in [5.74, 6) is 10.1. The van der Waals surface area contributed by atoms with Crippen LogP contribution in [0.25, 0.3) is 0 Å². The maximum absolute atomic E-state index is 11.1. The van der Waals surface area contributed by atoms with Gasteiger partial charge in [0.2, 0.25) is 0 Å². The standard InChI is InChI=1S/C29H30O3/c30-28(31)25-8-5-19(6-9-25)1-2-20-7-10-27(32-18-21-3-4-21)26(14-20)29-15-22-11-23(16-29)13-24(12-22)17-29/h5-10,14,21-24H,3-4,11-13,15-18H2,(H,30,31). The highest BCUT2D eigenvalue weighted by molar-refractivity contribution is 5.87. The normalized spacial score (nSPS) is 29.9. The van der Waals surface area contributed by atoms with E-state index in [0.29, 0.717) is 0 Å². The van der Waals surface area contributed by atoms with E-state index in [1.807, 2.05) is 0 Å². The molecule has 0 spiro atoms. The molecule has 5 fully saturated rings. The first-order chi connectivity index (χ1) is 15.6. The molecule has 0 aromatic heterocycles. The molecule has 1 N–H and O–H groups in total. The molecule has 164 valence electrons. The Morgan fingerprint density at radius 3 is 2.09 bits per heavy atom. The van der Waals surface area contributed by atoms with Crippen LogP contribution >= 0.6 is 0 Å². The van der Waals surface area contributed by atoms with Crippen molar-refractivity contribution in [2.24, 2.45) is 23.7 Å². The maximum Gasteiger partial charge on any atom is 0.335 e. The number of carboxylic acids is 1. The zero-order chi connectivity index (χ0) is 21.7. The van der Waals surface area contributed by atoms with E-state index < -0.39 is 5.97 Å². The van der Waals surface area contributed by atoms with Crippen LogP contribution in [0.15, 0.2) is 42.5 Å². The first-order valence-electron chi connectivity index (χ1n) is 12.2. The highest BCUT2D eigenvalue weighted by atomic mass is 16.5. The van der Waals surface area contributed by atoms with E-state index in [1.54, 1.807) is 24.3 Å². The Labute approximate surface area is 190 Å². The Balaban J connectivity index is 1.33. The number of carbonyl (C=O) groups is 1. The molecular formula is C29H30O3. The lowest BCUT2D eigenvalue weighted by molar-refractivity contribution is -0.00644. The third-order valence-electron chi connectivity index (χ3n) is 8.24. The van der Waals surface area contributed by atoms with Crippen molar-refractivity contribution in [3.8, 4) is 17.6 Å². The molecular weight excluding hydrogens is 396 g/mol. The Bertz CT molecular complexity index is 1060. The summed E-state index contributed by atoms with van der Waals surface area (Å²) in [4.78, 5) is 11.1. The maximum atomic E-state index is 11.1. The lowest BCUT2D eigenvalue weighted by atomic mass is 9.48. The minimum atomic E-state index is -0.911. The summed E-state index contributed by atoms with van der Waals surface area (Å²) < 4.78 is 6.40. The van der Waals surface area contributed by atoms with Gasteiger partial charge in [0, 0.05) is 16.7 Å². The third-order valence-corrected chi connectivity index (χ3v) is 8.24. The van der Waals surface area contributed by atoms with E-state index in [9.17, 15) is 4.79 Å². The van der Waals surface area contributed by atoms with Crippen LogP contribution in [0, 0.1) is 35.5 Å². The van der Waals surface area contributed by atoms with Crippen molar-refractivity contribution in [3.63, 3.8) is 0 Å². The van der Waals surface area contributed by atoms with Gasteiger partial charge in [0.15, 0.2) is 0 Å². The van der Waals surface area contributed by atoms with Gasteiger partial charge in [-0.3, -0.25) is 0 Å². The van der Waals surface area contributed by atoms with E-state index in [-0.39, 0.29) is 11.0 Å². The van der Waals surface area contributed by atoms with Crippen molar-refractivity contribution in [1.82, 2.24) is 0 Å². The van der Waals surface area contributed by atoms with Crippen LogP contribution < -0.4 is 4.74 Å². The fraction of sp³-hybridized carbons (Fsp3) is 0.483. The Morgan fingerprint density at radius 1 is 0.906 bits per heavy atom. The molecule has 2 aromatic rings. The van der Waals surface area contributed by atoms with Gasteiger partial charge in [-0.1, -0.05) is 11.8 Å². The van der Waals surface area contributed by atoms with Crippen molar-refractivity contribution >= 4 is 5.97 Å². The number of benzene rings is 2. The average molecular weight is 427 g/mol. The average Bonchev–Trinajstić information content (AvgIpc) is 3.60. The lowest BCUT2D eigenvalue weighted by Gasteiger charge is -2.57. The topological polar surface area (TPSA) is 46.5 Å². The van der Waals surface area contributed by atoms with Crippen LogP contribution in [-0.4, -0.2) is 17.7 Å². The second-order valence-corrected chi connectivity index (χ2v) is 10.8. The van der Waals surface area contributed by atoms with E-state index >= 15 is 0 Å². The van der Waals surface area contributed by atoms with Gasteiger partial charge < -0.3 is 9.84 Å². The summed E-state index contributed by atoms with van der Waals surface area (Å²) in [5.41, 5.74) is 3.83. The summed E-state index contributed by atoms with van der Waals surface area (Å²) in [6.45, 7) is 0.848. The smallest absolute Gasteiger partial charge is 0.335 e. The van der Waals surface area contributed by atoms with E-state index in [1.165, 1.54) is 56.9 Å². The van der Waals surface area contributed by atoms with Gasteiger partial charge in [-0.05, 0) is 123 Å². The monoisotopic (exact) mass is 426 g/mol. The predicted octanol–water partition coefficient (Wildman–Crippen LogP) is 6.04. The van der Waals surface area contributed by atoms with Gasteiger partial charge in [0.25, 0.3) is 0 Å². The molecule has 4 bridgehead atoms.